The maximum atomic E-state index is 11.9. The number of nitrogens with zero attached hydrogens (tertiary/aromatic N) is 1. The molecule has 16 heavy (non-hydrogen) atoms. The third kappa shape index (κ3) is 2.97. The standard InChI is InChI=1S/C13H24N2O/c1-11-6-2-3-7-12(11)14-10-13(16)15-8-4-5-9-15/h11-12,14H,2-10H2,1H3. The van der Waals surface area contributed by atoms with E-state index in [1.165, 1.54) is 38.5 Å². The zero-order valence-electron chi connectivity index (χ0n) is 10.4. The summed E-state index contributed by atoms with van der Waals surface area (Å²) in [5.74, 6) is 1.04. The van der Waals surface area contributed by atoms with Crippen LogP contribution in [0.15, 0.2) is 0 Å². The first-order valence-electron chi connectivity index (χ1n) is 6.78. The Kier molecular flexibility index (Phi) is 4.22. The summed E-state index contributed by atoms with van der Waals surface area (Å²) in [4.78, 5) is 13.9. The molecule has 1 saturated heterocycles. The van der Waals surface area contributed by atoms with Gasteiger partial charge in [-0.3, -0.25) is 4.79 Å². The van der Waals surface area contributed by atoms with Crippen molar-refractivity contribution in [2.45, 2.75) is 51.5 Å². The fourth-order valence-electron chi connectivity index (χ4n) is 2.92. The maximum Gasteiger partial charge on any atom is 0.236 e. The van der Waals surface area contributed by atoms with Crippen molar-refractivity contribution >= 4 is 5.91 Å². The van der Waals surface area contributed by atoms with Crippen molar-refractivity contribution in [2.24, 2.45) is 5.92 Å². The Labute approximate surface area is 98.6 Å². The van der Waals surface area contributed by atoms with E-state index in [0.717, 1.165) is 19.0 Å². The highest BCUT2D eigenvalue weighted by molar-refractivity contribution is 5.78. The lowest BCUT2D eigenvalue weighted by Gasteiger charge is -2.30. The normalized spacial score (nSPS) is 30.7. The molecule has 1 aliphatic heterocycles. The molecule has 2 unspecified atom stereocenters. The number of carbonyl (C=O) groups is 1. The second-order valence-electron chi connectivity index (χ2n) is 5.34. The van der Waals surface area contributed by atoms with Gasteiger partial charge in [0.05, 0.1) is 6.54 Å². The van der Waals surface area contributed by atoms with E-state index in [9.17, 15) is 4.79 Å². The average molecular weight is 224 g/mol. The van der Waals surface area contributed by atoms with Crippen LogP contribution >= 0.6 is 0 Å². The lowest BCUT2D eigenvalue weighted by molar-refractivity contribution is -0.129. The smallest absolute Gasteiger partial charge is 0.236 e. The summed E-state index contributed by atoms with van der Waals surface area (Å²) in [6.07, 6.45) is 7.61. The van der Waals surface area contributed by atoms with Crippen LogP contribution in [0.2, 0.25) is 0 Å². The molecule has 0 spiro atoms. The number of nitrogens with one attached hydrogen (secondary N) is 1. The fourth-order valence-corrected chi connectivity index (χ4v) is 2.92. The highest BCUT2D eigenvalue weighted by Crippen LogP contribution is 2.23. The zero-order chi connectivity index (χ0) is 11.4. The first-order valence-corrected chi connectivity index (χ1v) is 6.78. The Balaban J connectivity index is 1.71. The summed E-state index contributed by atoms with van der Waals surface area (Å²) in [5, 5.41) is 3.46. The molecule has 1 heterocycles. The van der Waals surface area contributed by atoms with E-state index < -0.39 is 0 Å². The highest BCUT2D eigenvalue weighted by atomic mass is 16.2. The van der Waals surface area contributed by atoms with E-state index in [4.69, 9.17) is 0 Å². The van der Waals surface area contributed by atoms with Crippen LogP contribution < -0.4 is 5.32 Å². The van der Waals surface area contributed by atoms with Crippen molar-refractivity contribution in [3.8, 4) is 0 Å². The number of hydrogen-bond acceptors (Lipinski definition) is 2. The van der Waals surface area contributed by atoms with Gasteiger partial charge in [-0.25, -0.2) is 0 Å². The van der Waals surface area contributed by atoms with Crippen LogP contribution in [0.1, 0.15) is 45.4 Å². The molecule has 2 rings (SSSR count). The molecule has 3 nitrogen and oxygen atoms in total. The second-order valence-corrected chi connectivity index (χ2v) is 5.34. The average Bonchev–Trinajstić information content (AvgIpc) is 2.81. The van der Waals surface area contributed by atoms with E-state index in [-0.39, 0.29) is 0 Å². The highest BCUT2D eigenvalue weighted by Gasteiger charge is 2.23. The van der Waals surface area contributed by atoms with Gasteiger partial charge in [0.25, 0.3) is 0 Å². The molecule has 3 heteroatoms. The maximum absolute atomic E-state index is 11.9. The van der Waals surface area contributed by atoms with Gasteiger partial charge < -0.3 is 10.2 Å². The van der Waals surface area contributed by atoms with Crippen LogP contribution in [0.4, 0.5) is 0 Å². The summed E-state index contributed by atoms with van der Waals surface area (Å²) in [5.41, 5.74) is 0. The van der Waals surface area contributed by atoms with Gasteiger partial charge in [-0.15, -0.1) is 0 Å². The molecule has 1 N–H and O–H groups in total. The van der Waals surface area contributed by atoms with Crippen LogP contribution in [0.3, 0.4) is 0 Å². The molecule has 0 radical (unpaired) electrons. The number of hydrogen-bond donors (Lipinski definition) is 1. The van der Waals surface area contributed by atoms with Gasteiger partial charge in [0.2, 0.25) is 5.91 Å². The predicted molar refractivity (Wildman–Crippen MR) is 65.2 cm³/mol. The van der Waals surface area contributed by atoms with Crippen molar-refractivity contribution in [1.29, 1.82) is 0 Å². The van der Waals surface area contributed by atoms with Gasteiger partial charge in [0.15, 0.2) is 0 Å². The summed E-state index contributed by atoms with van der Waals surface area (Å²) in [7, 11) is 0. The number of carbonyl (C=O) groups excluding carboxylic acids is 1. The van der Waals surface area contributed by atoms with Crippen molar-refractivity contribution in [3.05, 3.63) is 0 Å². The van der Waals surface area contributed by atoms with Crippen LogP contribution in [-0.2, 0) is 4.79 Å². The van der Waals surface area contributed by atoms with E-state index in [2.05, 4.69) is 12.2 Å². The molecule has 2 aliphatic rings. The van der Waals surface area contributed by atoms with Crippen LogP contribution in [0.25, 0.3) is 0 Å². The second kappa shape index (κ2) is 5.67. The minimum Gasteiger partial charge on any atom is -0.342 e. The monoisotopic (exact) mass is 224 g/mol. The fraction of sp³-hybridized carbons (Fsp3) is 0.923. The molecule has 2 fully saturated rings. The zero-order valence-corrected chi connectivity index (χ0v) is 10.4. The van der Waals surface area contributed by atoms with E-state index >= 15 is 0 Å². The molecular formula is C13H24N2O. The quantitative estimate of drug-likeness (QED) is 0.792. The lowest BCUT2D eigenvalue weighted by Crippen LogP contribution is -2.44. The van der Waals surface area contributed by atoms with Crippen molar-refractivity contribution in [2.75, 3.05) is 19.6 Å². The largest absolute Gasteiger partial charge is 0.342 e. The number of amides is 1. The molecule has 1 saturated carbocycles. The third-order valence-electron chi connectivity index (χ3n) is 4.09. The van der Waals surface area contributed by atoms with Gasteiger partial charge >= 0.3 is 0 Å². The van der Waals surface area contributed by atoms with Gasteiger partial charge in [-0.05, 0) is 31.6 Å². The molecule has 1 aliphatic carbocycles. The van der Waals surface area contributed by atoms with Crippen LogP contribution in [0.5, 0.6) is 0 Å². The Hall–Kier alpha value is -0.570. The molecular weight excluding hydrogens is 200 g/mol. The SMILES string of the molecule is CC1CCCCC1NCC(=O)N1CCCC1. The van der Waals surface area contributed by atoms with Gasteiger partial charge in [-0.2, -0.15) is 0 Å². The molecule has 1 amide bonds. The first-order chi connectivity index (χ1) is 7.77. The van der Waals surface area contributed by atoms with Crippen molar-refractivity contribution in [3.63, 3.8) is 0 Å². The van der Waals surface area contributed by atoms with E-state index in [0.29, 0.717) is 18.5 Å². The molecule has 0 aromatic heterocycles. The van der Waals surface area contributed by atoms with Crippen molar-refractivity contribution in [1.82, 2.24) is 10.2 Å². The first kappa shape index (κ1) is 11.9. The van der Waals surface area contributed by atoms with Crippen LogP contribution in [-0.4, -0.2) is 36.5 Å². The molecule has 2 atom stereocenters. The summed E-state index contributed by atoms with van der Waals surface area (Å²) < 4.78 is 0. The van der Waals surface area contributed by atoms with E-state index in [1.807, 2.05) is 4.90 Å². The summed E-state index contributed by atoms with van der Waals surface area (Å²) >= 11 is 0. The van der Waals surface area contributed by atoms with Gasteiger partial charge in [0, 0.05) is 19.1 Å². The van der Waals surface area contributed by atoms with Crippen LogP contribution in [0, 0.1) is 5.92 Å². The lowest BCUT2D eigenvalue weighted by atomic mass is 9.86. The van der Waals surface area contributed by atoms with Gasteiger partial charge in [-0.1, -0.05) is 19.8 Å². The number of rotatable bonds is 3. The van der Waals surface area contributed by atoms with Crippen molar-refractivity contribution < 1.29 is 4.79 Å². The predicted octanol–water partition coefficient (Wildman–Crippen LogP) is 1.78. The Morgan fingerprint density at radius 2 is 1.88 bits per heavy atom. The molecule has 92 valence electrons. The van der Waals surface area contributed by atoms with Gasteiger partial charge in [0.1, 0.15) is 0 Å². The molecule has 0 aromatic carbocycles. The number of likely N-dealkylation sites (tertiary alicyclic amines) is 1. The molecule has 0 bridgehead atoms. The Morgan fingerprint density at radius 3 is 2.56 bits per heavy atom. The summed E-state index contributed by atoms with van der Waals surface area (Å²) in [6, 6.07) is 0.570. The third-order valence-corrected chi connectivity index (χ3v) is 4.09. The Bertz CT molecular complexity index is 236. The topological polar surface area (TPSA) is 32.3 Å². The minimum absolute atomic E-state index is 0.301. The Morgan fingerprint density at radius 1 is 1.19 bits per heavy atom. The minimum atomic E-state index is 0.301. The molecule has 0 aromatic rings. The summed E-state index contributed by atoms with van der Waals surface area (Å²) in [6.45, 7) is 4.80. The van der Waals surface area contributed by atoms with E-state index in [1.54, 1.807) is 0 Å².